The number of nitrogens with one attached hydrogen (secondary N) is 1. The fraction of sp³-hybridized carbons (Fsp3) is 0.300. The van der Waals surface area contributed by atoms with E-state index >= 15 is 0 Å². The first-order chi connectivity index (χ1) is 12.7. The molecule has 1 amide bonds. The average Bonchev–Trinajstić information content (AvgIpc) is 2.56. The van der Waals surface area contributed by atoms with Crippen LogP contribution in [0.3, 0.4) is 0 Å². The predicted molar refractivity (Wildman–Crippen MR) is 103 cm³/mol. The number of halogens is 2. The molecule has 0 bridgehead atoms. The molecule has 1 N–H and O–H groups in total. The van der Waals surface area contributed by atoms with Crippen molar-refractivity contribution in [2.75, 3.05) is 11.9 Å². The van der Waals surface area contributed by atoms with E-state index in [-0.39, 0.29) is 33.7 Å². The molecule has 2 rings (SSSR count). The minimum absolute atomic E-state index is 0.0373. The summed E-state index contributed by atoms with van der Waals surface area (Å²) >= 11 is 6.24. The second-order valence-corrected chi connectivity index (χ2v) is 6.50. The number of carbonyl (C=O) groups excluding carboxylic acids is 2. The van der Waals surface area contributed by atoms with Crippen molar-refractivity contribution in [3.05, 3.63) is 52.3 Å². The van der Waals surface area contributed by atoms with Gasteiger partial charge in [-0.25, -0.2) is 4.39 Å². The number of hydrogen-bond acceptors (Lipinski definition) is 4. The summed E-state index contributed by atoms with van der Waals surface area (Å²) in [7, 11) is 0. The third-order valence-electron chi connectivity index (χ3n) is 3.53. The molecule has 144 valence electrons. The van der Waals surface area contributed by atoms with Crippen molar-refractivity contribution in [2.45, 2.75) is 33.8 Å². The van der Waals surface area contributed by atoms with Crippen LogP contribution >= 0.6 is 11.6 Å². The Kier molecular flexibility index (Phi) is 6.80. The van der Waals surface area contributed by atoms with Crippen molar-refractivity contribution < 1.29 is 23.5 Å². The lowest BCUT2D eigenvalue weighted by Gasteiger charge is -2.17. The van der Waals surface area contributed by atoms with E-state index in [0.29, 0.717) is 18.1 Å². The largest absolute Gasteiger partial charge is 0.488 e. The summed E-state index contributed by atoms with van der Waals surface area (Å²) in [4.78, 5) is 23.8. The molecular weight excluding hydrogens is 373 g/mol. The maximum Gasteiger partial charge on any atom is 0.255 e. The van der Waals surface area contributed by atoms with Crippen LogP contribution in [0.15, 0.2) is 30.3 Å². The second kappa shape index (κ2) is 8.86. The highest BCUT2D eigenvalue weighted by atomic mass is 35.5. The van der Waals surface area contributed by atoms with Crippen LogP contribution in [0.5, 0.6) is 11.5 Å². The molecule has 2 aromatic rings. The summed E-state index contributed by atoms with van der Waals surface area (Å²) in [6, 6.07) is 6.85. The van der Waals surface area contributed by atoms with Gasteiger partial charge in [0.05, 0.1) is 23.3 Å². The van der Waals surface area contributed by atoms with Crippen LogP contribution in [0.1, 0.15) is 48.4 Å². The van der Waals surface area contributed by atoms with E-state index in [1.807, 2.05) is 20.8 Å². The molecule has 0 heterocycles. The molecule has 7 heteroatoms. The number of anilines is 1. The number of benzene rings is 2. The van der Waals surface area contributed by atoms with E-state index in [9.17, 15) is 14.0 Å². The quantitative estimate of drug-likeness (QED) is 0.663. The summed E-state index contributed by atoms with van der Waals surface area (Å²) in [5, 5.41) is 2.81. The van der Waals surface area contributed by atoms with Crippen molar-refractivity contribution in [3.8, 4) is 11.5 Å². The number of rotatable bonds is 7. The minimum atomic E-state index is -0.700. The van der Waals surface area contributed by atoms with E-state index in [0.717, 1.165) is 6.07 Å². The van der Waals surface area contributed by atoms with Gasteiger partial charge in [0, 0.05) is 11.3 Å². The highest BCUT2D eigenvalue weighted by Gasteiger charge is 2.18. The van der Waals surface area contributed by atoms with Gasteiger partial charge in [0.25, 0.3) is 5.91 Å². The third-order valence-corrected chi connectivity index (χ3v) is 3.81. The number of carbonyl (C=O) groups is 2. The van der Waals surface area contributed by atoms with Gasteiger partial charge in [-0.05, 0) is 58.0 Å². The van der Waals surface area contributed by atoms with Crippen LogP contribution in [0.4, 0.5) is 10.1 Å². The molecule has 5 nitrogen and oxygen atoms in total. The van der Waals surface area contributed by atoms with E-state index < -0.39 is 11.7 Å². The zero-order valence-corrected chi connectivity index (χ0v) is 16.3. The van der Waals surface area contributed by atoms with Gasteiger partial charge in [-0.2, -0.15) is 0 Å². The summed E-state index contributed by atoms with van der Waals surface area (Å²) < 4.78 is 25.1. The first kappa shape index (κ1) is 20.7. The lowest BCUT2D eigenvalue weighted by Crippen LogP contribution is -2.14. The number of Topliss-reactive ketones (excluding diaryl/α,β-unsaturated/α-hetero) is 1. The van der Waals surface area contributed by atoms with Gasteiger partial charge in [0.1, 0.15) is 5.82 Å². The summed E-state index contributed by atoms with van der Waals surface area (Å²) in [6.45, 7) is 7.16. The van der Waals surface area contributed by atoms with Crippen molar-refractivity contribution in [1.29, 1.82) is 0 Å². The van der Waals surface area contributed by atoms with E-state index in [1.54, 1.807) is 0 Å². The normalized spacial score (nSPS) is 10.6. The summed E-state index contributed by atoms with van der Waals surface area (Å²) in [6.07, 6.45) is -0.146. The van der Waals surface area contributed by atoms with Gasteiger partial charge < -0.3 is 14.8 Å². The Morgan fingerprint density at radius 3 is 2.48 bits per heavy atom. The number of hydrogen-bond donors (Lipinski definition) is 1. The molecule has 0 unspecified atom stereocenters. The monoisotopic (exact) mass is 393 g/mol. The summed E-state index contributed by atoms with van der Waals surface area (Å²) in [5.74, 6) is -0.875. The van der Waals surface area contributed by atoms with Crippen molar-refractivity contribution in [2.24, 2.45) is 0 Å². The van der Waals surface area contributed by atoms with E-state index in [4.69, 9.17) is 21.1 Å². The van der Waals surface area contributed by atoms with E-state index in [2.05, 4.69) is 5.32 Å². The molecule has 2 aromatic carbocycles. The topological polar surface area (TPSA) is 64.6 Å². The maximum absolute atomic E-state index is 13.9. The molecule has 0 fully saturated rings. The Hall–Kier alpha value is -2.60. The molecule has 0 saturated heterocycles. The molecule has 0 atom stereocenters. The first-order valence-electron chi connectivity index (χ1n) is 8.47. The van der Waals surface area contributed by atoms with Gasteiger partial charge >= 0.3 is 0 Å². The van der Waals surface area contributed by atoms with Crippen LogP contribution in [-0.2, 0) is 0 Å². The van der Waals surface area contributed by atoms with Crippen LogP contribution in [0, 0.1) is 5.82 Å². The molecule has 0 aromatic heterocycles. The smallest absolute Gasteiger partial charge is 0.255 e. The lowest BCUT2D eigenvalue weighted by molar-refractivity contribution is 0.101. The molecule has 0 radical (unpaired) electrons. The number of ether oxygens (including phenoxy) is 2. The zero-order valence-electron chi connectivity index (χ0n) is 15.6. The van der Waals surface area contributed by atoms with Crippen LogP contribution < -0.4 is 14.8 Å². The average molecular weight is 394 g/mol. The highest BCUT2D eigenvalue weighted by molar-refractivity contribution is 6.32. The Bertz CT molecular complexity index is 867. The Morgan fingerprint density at radius 1 is 1.22 bits per heavy atom. The Morgan fingerprint density at radius 2 is 1.93 bits per heavy atom. The standard InChI is InChI=1S/C20H21ClFNO4/c1-5-26-19-16(21)8-13(9-18(19)27-11(2)3)20(25)23-14-6-7-15(12(4)24)17(22)10-14/h6-11H,5H2,1-4H3,(H,23,25). The highest BCUT2D eigenvalue weighted by Crippen LogP contribution is 2.37. The van der Waals surface area contributed by atoms with Crippen LogP contribution in [0.2, 0.25) is 5.02 Å². The van der Waals surface area contributed by atoms with Crippen LogP contribution in [-0.4, -0.2) is 24.4 Å². The second-order valence-electron chi connectivity index (χ2n) is 6.09. The van der Waals surface area contributed by atoms with Crippen molar-refractivity contribution in [3.63, 3.8) is 0 Å². The van der Waals surface area contributed by atoms with Gasteiger partial charge in [0.15, 0.2) is 17.3 Å². The van der Waals surface area contributed by atoms with E-state index in [1.165, 1.54) is 31.2 Å². The Balaban J connectivity index is 2.31. The van der Waals surface area contributed by atoms with Gasteiger partial charge in [0.2, 0.25) is 0 Å². The molecule has 0 aliphatic carbocycles. The lowest BCUT2D eigenvalue weighted by atomic mass is 10.1. The molecule has 0 aliphatic heterocycles. The molecule has 27 heavy (non-hydrogen) atoms. The predicted octanol–water partition coefficient (Wildman–Crippen LogP) is 5.12. The molecule has 0 saturated carbocycles. The van der Waals surface area contributed by atoms with Crippen LogP contribution in [0.25, 0.3) is 0 Å². The minimum Gasteiger partial charge on any atom is -0.488 e. The van der Waals surface area contributed by atoms with Gasteiger partial charge in [-0.15, -0.1) is 0 Å². The molecular formula is C20H21ClFNO4. The molecule has 0 aliphatic rings. The van der Waals surface area contributed by atoms with Crippen molar-refractivity contribution in [1.82, 2.24) is 0 Å². The Labute approximate surface area is 162 Å². The van der Waals surface area contributed by atoms with Gasteiger partial charge in [-0.3, -0.25) is 9.59 Å². The SMILES string of the molecule is CCOc1c(Cl)cc(C(=O)Nc2ccc(C(C)=O)c(F)c2)cc1OC(C)C. The zero-order chi connectivity index (χ0) is 20.1. The fourth-order valence-electron chi connectivity index (χ4n) is 2.41. The maximum atomic E-state index is 13.9. The number of amides is 1. The van der Waals surface area contributed by atoms with Gasteiger partial charge in [-0.1, -0.05) is 11.6 Å². The summed E-state index contributed by atoms with van der Waals surface area (Å²) in [5.41, 5.74) is 0.415. The third kappa shape index (κ3) is 5.20. The molecule has 0 spiro atoms. The fourth-order valence-corrected chi connectivity index (χ4v) is 2.67. The first-order valence-corrected chi connectivity index (χ1v) is 8.85. The van der Waals surface area contributed by atoms with Crippen molar-refractivity contribution >= 4 is 29.0 Å². The number of ketones is 1.